The quantitative estimate of drug-likeness (QED) is 0.866. The van der Waals surface area contributed by atoms with Gasteiger partial charge in [0.15, 0.2) is 11.5 Å². The number of hydrogen-bond donors (Lipinski definition) is 1. The minimum absolute atomic E-state index is 0.0758. The van der Waals surface area contributed by atoms with E-state index in [1.54, 1.807) is 41.4 Å². The van der Waals surface area contributed by atoms with Crippen LogP contribution in [0.4, 0.5) is 0 Å². The van der Waals surface area contributed by atoms with Crippen LogP contribution in [0.2, 0.25) is 0 Å². The molecule has 1 N–H and O–H groups in total. The Morgan fingerprint density at radius 3 is 2.48 bits per heavy atom. The van der Waals surface area contributed by atoms with Gasteiger partial charge in [0, 0.05) is 17.7 Å². The number of benzene rings is 1. The van der Waals surface area contributed by atoms with Crippen molar-refractivity contribution in [3.05, 3.63) is 45.6 Å². The van der Waals surface area contributed by atoms with E-state index in [4.69, 9.17) is 9.47 Å². The maximum Gasteiger partial charge on any atom is 0.498 e. The lowest BCUT2D eigenvalue weighted by Gasteiger charge is -2.11. The molecular formula is C17H21N2O4+. The molecule has 2 rings (SSSR count). The topological polar surface area (TPSA) is 64.6 Å². The Hall–Kier alpha value is -2.76. The van der Waals surface area contributed by atoms with Gasteiger partial charge >= 0.3 is 5.69 Å². The van der Waals surface area contributed by atoms with Crippen LogP contribution < -0.4 is 19.7 Å². The third kappa shape index (κ3) is 3.21. The summed E-state index contributed by atoms with van der Waals surface area (Å²) in [6, 6.07) is 4.97. The Morgan fingerprint density at radius 2 is 1.87 bits per heavy atom. The van der Waals surface area contributed by atoms with E-state index in [9.17, 15) is 9.90 Å². The molecule has 1 aromatic carbocycles. The van der Waals surface area contributed by atoms with E-state index in [-0.39, 0.29) is 11.4 Å². The van der Waals surface area contributed by atoms with Gasteiger partial charge in [-0.15, -0.1) is 0 Å². The van der Waals surface area contributed by atoms with Crippen molar-refractivity contribution in [3.63, 3.8) is 0 Å². The lowest BCUT2D eigenvalue weighted by molar-refractivity contribution is -0.692. The molecule has 122 valence electrons. The average Bonchev–Trinajstić information content (AvgIpc) is 2.54. The number of aromatic nitrogens is 2. The molecule has 0 bridgehead atoms. The highest BCUT2D eigenvalue weighted by molar-refractivity contribution is 5.73. The van der Waals surface area contributed by atoms with E-state index < -0.39 is 0 Å². The first-order valence-corrected chi connectivity index (χ1v) is 7.08. The molecule has 6 nitrogen and oxygen atoms in total. The first-order chi connectivity index (χ1) is 10.9. The van der Waals surface area contributed by atoms with Crippen LogP contribution in [-0.2, 0) is 14.1 Å². The summed E-state index contributed by atoms with van der Waals surface area (Å²) in [7, 11) is 6.49. The van der Waals surface area contributed by atoms with Crippen molar-refractivity contribution in [1.29, 1.82) is 0 Å². The molecule has 2 aromatic rings. The number of aryl methyl sites for hydroxylation is 1. The zero-order chi connectivity index (χ0) is 17.1. The van der Waals surface area contributed by atoms with Gasteiger partial charge in [0.05, 0.1) is 28.3 Å². The monoisotopic (exact) mass is 317 g/mol. The summed E-state index contributed by atoms with van der Waals surface area (Å²) in [5.74, 6) is 1.04. The van der Waals surface area contributed by atoms with Gasteiger partial charge in [0.2, 0.25) is 0 Å². The molecule has 0 saturated heterocycles. The lowest BCUT2D eigenvalue weighted by Crippen LogP contribution is -2.53. The molecule has 1 aromatic heterocycles. The van der Waals surface area contributed by atoms with E-state index in [1.807, 2.05) is 13.0 Å². The molecule has 0 aliphatic rings. The molecule has 0 spiro atoms. The number of hydrogen-bond acceptors (Lipinski definition) is 4. The Labute approximate surface area is 134 Å². The van der Waals surface area contributed by atoms with Gasteiger partial charge in [0.25, 0.3) is 0 Å². The predicted octanol–water partition coefficient (Wildman–Crippen LogP) is 1.41. The van der Waals surface area contributed by atoms with E-state index in [1.165, 1.54) is 20.3 Å². The van der Waals surface area contributed by atoms with Crippen LogP contribution in [-0.4, -0.2) is 23.9 Å². The van der Waals surface area contributed by atoms with E-state index in [2.05, 4.69) is 0 Å². The number of rotatable bonds is 4. The van der Waals surface area contributed by atoms with Gasteiger partial charge in [-0.2, -0.15) is 13.9 Å². The Bertz CT molecular complexity index is 822. The van der Waals surface area contributed by atoms with Gasteiger partial charge in [-0.1, -0.05) is 0 Å². The molecule has 0 aliphatic heterocycles. The van der Waals surface area contributed by atoms with Crippen LogP contribution in [0.3, 0.4) is 0 Å². The number of nitrogens with zero attached hydrogens (tertiary/aromatic N) is 2. The smallest absolute Gasteiger partial charge is 0.498 e. The van der Waals surface area contributed by atoms with E-state index in [0.717, 1.165) is 11.4 Å². The zero-order valence-corrected chi connectivity index (χ0v) is 14.0. The maximum atomic E-state index is 12.1. The second kappa shape index (κ2) is 6.56. The van der Waals surface area contributed by atoms with Crippen LogP contribution in [0, 0.1) is 6.92 Å². The highest BCUT2D eigenvalue weighted by atomic mass is 16.5. The summed E-state index contributed by atoms with van der Waals surface area (Å²) in [5, 5.41) is 9.79. The predicted molar refractivity (Wildman–Crippen MR) is 87.7 cm³/mol. The van der Waals surface area contributed by atoms with Gasteiger partial charge in [-0.3, -0.25) is 0 Å². The molecule has 1 heterocycles. The minimum Gasteiger partial charge on any atom is -0.508 e. The third-order valence-electron chi connectivity index (χ3n) is 3.77. The Morgan fingerprint density at radius 1 is 1.17 bits per heavy atom. The summed E-state index contributed by atoms with van der Waals surface area (Å²) < 4.78 is 13.7. The number of phenols is 1. The third-order valence-corrected chi connectivity index (χ3v) is 3.77. The summed E-state index contributed by atoms with van der Waals surface area (Å²) in [4.78, 5) is 12.1. The first kappa shape index (κ1) is 16.6. The summed E-state index contributed by atoms with van der Waals surface area (Å²) in [6.45, 7) is 1.87. The van der Waals surface area contributed by atoms with Gasteiger partial charge in [0.1, 0.15) is 17.1 Å². The highest BCUT2D eigenvalue weighted by Gasteiger charge is 2.13. The van der Waals surface area contributed by atoms with Gasteiger partial charge in [-0.25, -0.2) is 0 Å². The van der Waals surface area contributed by atoms with Crippen LogP contribution in [0.5, 0.6) is 17.2 Å². The van der Waals surface area contributed by atoms with Crippen molar-refractivity contribution in [1.82, 2.24) is 4.57 Å². The van der Waals surface area contributed by atoms with Crippen molar-refractivity contribution in [2.75, 3.05) is 14.2 Å². The number of ether oxygens (including phenoxy) is 2. The second-order valence-corrected chi connectivity index (χ2v) is 5.22. The number of aromatic hydroxyl groups is 1. The van der Waals surface area contributed by atoms with Gasteiger partial charge in [-0.05, 0) is 25.1 Å². The Kier molecular flexibility index (Phi) is 4.74. The molecule has 0 atom stereocenters. The summed E-state index contributed by atoms with van der Waals surface area (Å²) >= 11 is 0. The van der Waals surface area contributed by atoms with Crippen LogP contribution in [0.15, 0.2) is 23.0 Å². The second-order valence-electron chi connectivity index (χ2n) is 5.22. The van der Waals surface area contributed by atoms with Crippen molar-refractivity contribution in [2.45, 2.75) is 6.92 Å². The minimum atomic E-state index is -0.106. The molecule has 23 heavy (non-hydrogen) atoms. The van der Waals surface area contributed by atoms with Crippen LogP contribution in [0.25, 0.3) is 12.2 Å². The molecule has 0 fully saturated rings. The summed E-state index contributed by atoms with van der Waals surface area (Å²) in [6.07, 6.45) is 3.57. The van der Waals surface area contributed by atoms with Crippen molar-refractivity contribution in [3.8, 4) is 17.2 Å². The van der Waals surface area contributed by atoms with Gasteiger partial charge < -0.3 is 14.6 Å². The standard InChI is InChI=1S/C17H20N2O4/c1-11-8-13(19(3)17(21)18(11)2)7-6-12-9-14(20)10-15(22-4)16(12)23-5/h6-10H,1-5H3/p+1. The fourth-order valence-corrected chi connectivity index (χ4v) is 2.33. The molecular weight excluding hydrogens is 296 g/mol. The fourth-order valence-electron chi connectivity index (χ4n) is 2.33. The zero-order valence-electron chi connectivity index (χ0n) is 14.0. The fraction of sp³-hybridized carbons (Fsp3) is 0.294. The Balaban J connectivity index is 2.54. The van der Waals surface area contributed by atoms with Crippen LogP contribution in [0.1, 0.15) is 17.0 Å². The molecule has 0 saturated carbocycles. The molecule has 0 aliphatic carbocycles. The lowest BCUT2D eigenvalue weighted by atomic mass is 10.1. The van der Waals surface area contributed by atoms with Crippen molar-refractivity contribution < 1.29 is 19.1 Å². The van der Waals surface area contributed by atoms with Crippen molar-refractivity contribution in [2.24, 2.45) is 14.1 Å². The summed E-state index contributed by atoms with van der Waals surface area (Å²) in [5.41, 5.74) is 2.15. The molecule has 0 amide bonds. The van der Waals surface area contributed by atoms with Crippen LogP contribution >= 0.6 is 0 Å². The van der Waals surface area contributed by atoms with Crippen molar-refractivity contribution >= 4 is 12.2 Å². The first-order valence-electron chi connectivity index (χ1n) is 7.08. The number of methoxy groups -OCH3 is 2. The molecule has 0 unspecified atom stereocenters. The number of phenolic OH excluding ortho intramolecular Hbond substituents is 1. The van der Waals surface area contributed by atoms with E-state index in [0.29, 0.717) is 17.1 Å². The highest BCUT2D eigenvalue weighted by Crippen LogP contribution is 2.36. The normalized spacial score (nSPS) is 11.0. The largest absolute Gasteiger partial charge is 0.508 e. The SMILES string of the molecule is COc1cc(O)cc(C=Cc2cc(C)n(C)c(=O)[n+]2C)c1OC. The molecule has 6 heteroatoms. The maximum absolute atomic E-state index is 12.1. The molecule has 0 radical (unpaired) electrons. The average molecular weight is 317 g/mol. The van der Waals surface area contributed by atoms with E-state index >= 15 is 0 Å².